The van der Waals surface area contributed by atoms with Crippen molar-refractivity contribution in [3.05, 3.63) is 71.3 Å². The number of carboxylic acid groups (broad SMARTS) is 1. The van der Waals surface area contributed by atoms with E-state index in [1.54, 1.807) is 4.90 Å². The third-order valence-electron chi connectivity index (χ3n) is 9.50. The number of carbonyl (C=O) groups excluding carboxylic acids is 1. The molecule has 1 amide bonds. The number of piperidine rings is 1. The number of nitrogens with zero attached hydrogens (tertiary/aromatic N) is 2. The Morgan fingerprint density at radius 2 is 1.69 bits per heavy atom. The van der Waals surface area contributed by atoms with Gasteiger partial charge in [-0.15, -0.1) is 0 Å². The highest BCUT2D eigenvalue weighted by atomic mass is 16.6. The second-order valence-electron chi connectivity index (χ2n) is 12.3. The molecule has 2 unspecified atom stereocenters. The van der Waals surface area contributed by atoms with Crippen LogP contribution in [0.4, 0.5) is 4.79 Å². The quantitative estimate of drug-likeness (QED) is 0.387. The lowest BCUT2D eigenvalue weighted by Crippen LogP contribution is -2.46. The Hall–Kier alpha value is -2.86. The molecule has 0 bridgehead atoms. The maximum Gasteiger partial charge on any atom is 0.410 e. The van der Waals surface area contributed by atoms with Crippen molar-refractivity contribution in [1.29, 1.82) is 0 Å². The van der Waals surface area contributed by atoms with Crippen LogP contribution in [-0.2, 0) is 16.1 Å². The molecular weight excluding hydrogens is 488 g/mol. The summed E-state index contributed by atoms with van der Waals surface area (Å²) in [6, 6.07) is 19.0. The summed E-state index contributed by atoms with van der Waals surface area (Å²) in [5.74, 6) is 0.948. The number of rotatable bonds is 10. The minimum Gasteiger partial charge on any atom is -0.481 e. The fraction of sp³-hybridized carbons (Fsp3) is 0.576. The van der Waals surface area contributed by atoms with Gasteiger partial charge in [-0.3, -0.25) is 4.79 Å². The van der Waals surface area contributed by atoms with Crippen LogP contribution in [0, 0.1) is 30.6 Å². The molecular formula is C33H44N2O4. The Labute approximate surface area is 233 Å². The number of benzene rings is 2. The highest BCUT2D eigenvalue weighted by molar-refractivity contribution is 5.70. The van der Waals surface area contributed by atoms with Gasteiger partial charge in [0, 0.05) is 32.7 Å². The lowest BCUT2D eigenvalue weighted by molar-refractivity contribution is -0.144. The van der Waals surface area contributed by atoms with E-state index in [-0.39, 0.29) is 24.0 Å². The van der Waals surface area contributed by atoms with Gasteiger partial charge in [0.2, 0.25) is 0 Å². The second-order valence-corrected chi connectivity index (χ2v) is 12.3. The zero-order chi connectivity index (χ0) is 27.4. The standard InChI is InChI=1S/C33H44N2O4/c1-23-8-10-25(11-9-23)22-39-33(38)34(2)29-14-16-35(17-15-29)21-28-19-27(31(32(36)37)18-24-12-13-24)20-30(28)26-6-4-3-5-7-26/h3-11,24,27-31H,12-22H2,1-2H3,(H,36,37)/t27?,28-,30-,31?/m1/s1. The topological polar surface area (TPSA) is 70.1 Å². The van der Waals surface area contributed by atoms with E-state index >= 15 is 0 Å². The molecule has 1 aliphatic heterocycles. The number of aryl methyl sites for hydroxylation is 1. The summed E-state index contributed by atoms with van der Waals surface area (Å²) in [4.78, 5) is 29.3. The first-order valence-electron chi connectivity index (χ1n) is 14.8. The van der Waals surface area contributed by atoms with Gasteiger partial charge in [0.15, 0.2) is 0 Å². The number of ether oxygens (including phenoxy) is 1. The summed E-state index contributed by atoms with van der Waals surface area (Å²) in [6.45, 7) is 5.25. The third-order valence-corrected chi connectivity index (χ3v) is 9.50. The van der Waals surface area contributed by atoms with E-state index in [1.807, 2.05) is 38.2 Å². The molecule has 6 nitrogen and oxygen atoms in total. The van der Waals surface area contributed by atoms with Crippen molar-refractivity contribution in [2.75, 3.05) is 26.7 Å². The van der Waals surface area contributed by atoms with Crippen LogP contribution in [0.1, 0.15) is 67.6 Å². The Bertz CT molecular complexity index is 1090. The normalized spacial score (nSPS) is 24.8. The summed E-state index contributed by atoms with van der Waals surface area (Å²) < 4.78 is 5.59. The third kappa shape index (κ3) is 7.21. The van der Waals surface area contributed by atoms with Crippen LogP contribution >= 0.6 is 0 Å². The molecule has 2 saturated carbocycles. The van der Waals surface area contributed by atoms with Crippen molar-refractivity contribution < 1.29 is 19.4 Å². The summed E-state index contributed by atoms with van der Waals surface area (Å²) >= 11 is 0. The van der Waals surface area contributed by atoms with Gasteiger partial charge in [0.05, 0.1) is 5.92 Å². The molecule has 2 aromatic rings. The monoisotopic (exact) mass is 532 g/mol. The van der Waals surface area contributed by atoms with Gasteiger partial charge in [-0.2, -0.15) is 0 Å². The van der Waals surface area contributed by atoms with E-state index in [4.69, 9.17) is 4.74 Å². The summed E-state index contributed by atoms with van der Waals surface area (Å²) in [5.41, 5.74) is 3.55. The van der Waals surface area contributed by atoms with Crippen molar-refractivity contribution in [2.45, 2.75) is 70.4 Å². The van der Waals surface area contributed by atoms with Crippen molar-refractivity contribution in [3.8, 4) is 0 Å². The number of aliphatic carboxylic acids is 1. The van der Waals surface area contributed by atoms with Gasteiger partial charge in [0.25, 0.3) is 0 Å². The van der Waals surface area contributed by atoms with Gasteiger partial charge in [0.1, 0.15) is 6.61 Å². The van der Waals surface area contributed by atoms with Gasteiger partial charge >= 0.3 is 12.1 Å². The minimum atomic E-state index is -0.600. The van der Waals surface area contributed by atoms with Crippen LogP contribution in [0.5, 0.6) is 0 Å². The number of amides is 1. The summed E-state index contributed by atoms with van der Waals surface area (Å²) in [5, 5.41) is 10.1. The van der Waals surface area contributed by atoms with Crippen molar-refractivity contribution >= 4 is 12.1 Å². The number of likely N-dealkylation sites (tertiary alicyclic amines) is 1. The molecule has 2 aromatic carbocycles. The molecule has 1 saturated heterocycles. The molecule has 2 aliphatic carbocycles. The molecule has 39 heavy (non-hydrogen) atoms. The summed E-state index contributed by atoms with van der Waals surface area (Å²) in [7, 11) is 1.86. The molecule has 0 spiro atoms. The average molecular weight is 533 g/mol. The molecule has 6 heteroatoms. The molecule has 1 N–H and O–H groups in total. The van der Waals surface area contributed by atoms with Crippen molar-refractivity contribution in [1.82, 2.24) is 9.80 Å². The van der Waals surface area contributed by atoms with Crippen LogP contribution in [-0.4, -0.2) is 59.7 Å². The first-order valence-corrected chi connectivity index (χ1v) is 14.8. The van der Waals surface area contributed by atoms with Gasteiger partial charge in [-0.05, 0) is 73.8 Å². The SMILES string of the molecule is Cc1ccc(COC(=O)N(C)C2CCN(C[C@H]3CC(C(CC4CC4)C(=O)O)C[C@@H]3c3ccccc3)CC2)cc1. The molecule has 3 fully saturated rings. The largest absolute Gasteiger partial charge is 0.481 e. The predicted octanol–water partition coefficient (Wildman–Crippen LogP) is 6.34. The zero-order valence-electron chi connectivity index (χ0n) is 23.5. The Balaban J connectivity index is 1.15. The van der Waals surface area contributed by atoms with E-state index in [2.05, 4.69) is 35.2 Å². The highest BCUT2D eigenvalue weighted by Crippen LogP contribution is 2.49. The lowest BCUT2D eigenvalue weighted by atomic mass is 9.85. The van der Waals surface area contributed by atoms with E-state index in [0.717, 1.165) is 57.3 Å². The molecule has 0 aromatic heterocycles. The van der Waals surface area contributed by atoms with E-state index in [9.17, 15) is 14.7 Å². The molecule has 3 aliphatic rings. The van der Waals surface area contributed by atoms with E-state index in [1.165, 1.54) is 24.0 Å². The van der Waals surface area contributed by atoms with Crippen LogP contribution in [0.15, 0.2) is 54.6 Å². The zero-order valence-corrected chi connectivity index (χ0v) is 23.5. The summed E-state index contributed by atoms with van der Waals surface area (Å²) in [6.07, 6.45) is 6.83. The average Bonchev–Trinajstić information content (AvgIpc) is 3.69. The number of hydrogen-bond donors (Lipinski definition) is 1. The molecule has 0 radical (unpaired) electrons. The number of hydrogen-bond acceptors (Lipinski definition) is 4. The van der Waals surface area contributed by atoms with Gasteiger partial charge in [-0.1, -0.05) is 73.0 Å². The smallest absolute Gasteiger partial charge is 0.410 e. The lowest BCUT2D eigenvalue weighted by Gasteiger charge is -2.38. The molecule has 5 rings (SSSR count). The Kier molecular flexibility index (Phi) is 8.91. The van der Waals surface area contributed by atoms with Gasteiger partial charge in [-0.25, -0.2) is 4.79 Å². The predicted molar refractivity (Wildman–Crippen MR) is 152 cm³/mol. The van der Waals surface area contributed by atoms with Crippen LogP contribution < -0.4 is 0 Å². The van der Waals surface area contributed by atoms with Crippen LogP contribution in [0.3, 0.4) is 0 Å². The highest BCUT2D eigenvalue weighted by Gasteiger charge is 2.43. The van der Waals surface area contributed by atoms with Crippen LogP contribution in [0.25, 0.3) is 0 Å². The number of carbonyl (C=O) groups is 2. The molecule has 210 valence electrons. The molecule has 1 heterocycles. The first-order chi connectivity index (χ1) is 18.9. The second kappa shape index (κ2) is 12.5. The van der Waals surface area contributed by atoms with E-state index in [0.29, 0.717) is 24.4 Å². The minimum absolute atomic E-state index is 0.183. The van der Waals surface area contributed by atoms with Crippen LogP contribution in [0.2, 0.25) is 0 Å². The maximum atomic E-state index is 12.7. The number of carboxylic acids is 1. The van der Waals surface area contributed by atoms with Crippen molar-refractivity contribution in [3.63, 3.8) is 0 Å². The maximum absolute atomic E-state index is 12.7. The fourth-order valence-corrected chi connectivity index (χ4v) is 6.92. The Morgan fingerprint density at radius 3 is 2.33 bits per heavy atom. The van der Waals surface area contributed by atoms with Crippen molar-refractivity contribution in [2.24, 2.45) is 23.7 Å². The Morgan fingerprint density at radius 1 is 1.00 bits per heavy atom. The van der Waals surface area contributed by atoms with E-state index < -0.39 is 5.97 Å². The fourth-order valence-electron chi connectivity index (χ4n) is 6.92. The van der Waals surface area contributed by atoms with Gasteiger partial charge < -0.3 is 19.6 Å². The molecule has 4 atom stereocenters. The first kappa shape index (κ1) is 27.7.